The Morgan fingerprint density at radius 3 is 2.22 bits per heavy atom. The number of nitrogens with one attached hydrogen (secondary N) is 2. The van der Waals surface area contributed by atoms with E-state index in [1.807, 2.05) is 26.2 Å². The van der Waals surface area contributed by atoms with Crippen molar-refractivity contribution in [1.29, 1.82) is 0 Å². The van der Waals surface area contributed by atoms with Gasteiger partial charge in [0.05, 0.1) is 0 Å². The van der Waals surface area contributed by atoms with E-state index in [2.05, 4.69) is 27.7 Å². The van der Waals surface area contributed by atoms with Crippen molar-refractivity contribution in [2.45, 2.75) is 19.5 Å². The summed E-state index contributed by atoms with van der Waals surface area (Å²) >= 11 is 0. The highest BCUT2D eigenvalue weighted by molar-refractivity contribution is 5.95. The molecule has 2 aromatic rings. The molecule has 3 amide bonds. The molecule has 0 bridgehead atoms. The minimum atomic E-state index is -0.132. The number of fused-ring (bicyclic) bond motifs is 1. The fourth-order valence-corrected chi connectivity index (χ4v) is 3.08. The van der Waals surface area contributed by atoms with E-state index in [0.29, 0.717) is 30.9 Å². The Kier molecular flexibility index (Phi) is 6.08. The Balaban J connectivity index is 1.49. The third-order valence-electron chi connectivity index (χ3n) is 4.59. The van der Waals surface area contributed by atoms with Crippen molar-refractivity contribution in [3.05, 3.63) is 65.2 Å². The lowest BCUT2D eigenvalue weighted by atomic mass is 10.1. The first kappa shape index (κ1) is 18.9. The molecule has 0 saturated carbocycles. The molecule has 6 heteroatoms. The van der Waals surface area contributed by atoms with Crippen LogP contribution in [-0.2, 0) is 13.1 Å². The van der Waals surface area contributed by atoms with Crippen LogP contribution < -0.4 is 10.6 Å². The maximum atomic E-state index is 12.5. The van der Waals surface area contributed by atoms with Crippen molar-refractivity contribution in [1.82, 2.24) is 15.1 Å². The Morgan fingerprint density at radius 1 is 1.00 bits per heavy atom. The molecule has 0 radical (unpaired) electrons. The minimum Gasteiger partial charge on any atom is -0.352 e. The van der Waals surface area contributed by atoms with Gasteiger partial charge < -0.3 is 20.4 Å². The van der Waals surface area contributed by atoms with Gasteiger partial charge in [0.1, 0.15) is 0 Å². The molecule has 6 nitrogen and oxygen atoms in total. The second-order valence-corrected chi connectivity index (χ2v) is 7.05. The van der Waals surface area contributed by atoms with Crippen molar-refractivity contribution >= 4 is 17.6 Å². The second-order valence-electron chi connectivity index (χ2n) is 7.05. The smallest absolute Gasteiger partial charge is 0.322 e. The lowest BCUT2D eigenvalue weighted by Crippen LogP contribution is -2.30. The topological polar surface area (TPSA) is 64.7 Å². The number of amides is 3. The van der Waals surface area contributed by atoms with Crippen LogP contribution in [0.1, 0.15) is 27.9 Å². The molecule has 1 aliphatic rings. The maximum Gasteiger partial charge on any atom is 0.322 e. The molecule has 0 atom stereocenters. The molecule has 27 heavy (non-hydrogen) atoms. The molecule has 2 aromatic carbocycles. The van der Waals surface area contributed by atoms with Gasteiger partial charge in [-0.15, -0.1) is 0 Å². The highest BCUT2D eigenvalue weighted by Crippen LogP contribution is 2.23. The van der Waals surface area contributed by atoms with Crippen LogP contribution in [-0.4, -0.2) is 48.9 Å². The van der Waals surface area contributed by atoms with Gasteiger partial charge >= 0.3 is 6.03 Å². The number of anilines is 1. The van der Waals surface area contributed by atoms with Gasteiger partial charge in [-0.05, 0) is 62.5 Å². The number of hydrogen-bond donors (Lipinski definition) is 2. The van der Waals surface area contributed by atoms with E-state index in [1.165, 1.54) is 11.1 Å². The van der Waals surface area contributed by atoms with Gasteiger partial charge in [0, 0.05) is 30.9 Å². The van der Waals surface area contributed by atoms with Crippen molar-refractivity contribution in [3.63, 3.8) is 0 Å². The van der Waals surface area contributed by atoms with E-state index >= 15 is 0 Å². The highest BCUT2D eigenvalue weighted by atomic mass is 16.2. The maximum absolute atomic E-state index is 12.5. The molecule has 2 N–H and O–H groups in total. The monoisotopic (exact) mass is 366 g/mol. The number of rotatable bonds is 6. The van der Waals surface area contributed by atoms with Crippen molar-refractivity contribution in [2.24, 2.45) is 0 Å². The van der Waals surface area contributed by atoms with Crippen molar-refractivity contribution < 1.29 is 9.59 Å². The van der Waals surface area contributed by atoms with Gasteiger partial charge in [-0.1, -0.05) is 24.3 Å². The zero-order chi connectivity index (χ0) is 19.2. The summed E-state index contributed by atoms with van der Waals surface area (Å²) in [6.45, 7) is 2.82. The molecule has 0 aliphatic carbocycles. The van der Waals surface area contributed by atoms with Crippen molar-refractivity contribution in [3.8, 4) is 0 Å². The van der Waals surface area contributed by atoms with Crippen LogP contribution in [0.25, 0.3) is 0 Å². The molecular weight excluding hydrogens is 340 g/mol. The van der Waals surface area contributed by atoms with E-state index in [9.17, 15) is 9.59 Å². The van der Waals surface area contributed by atoms with Crippen LogP contribution in [0.2, 0.25) is 0 Å². The molecule has 0 fully saturated rings. The summed E-state index contributed by atoms with van der Waals surface area (Å²) in [4.78, 5) is 28.5. The molecule has 1 heterocycles. The predicted molar refractivity (Wildman–Crippen MR) is 107 cm³/mol. The number of urea groups is 1. The zero-order valence-electron chi connectivity index (χ0n) is 15.9. The van der Waals surface area contributed by atoms with Crippen LogP contribution in [0.15, 0.2) is 48.5 Å². The number of benzene rings is 2. The molecule has 142 valence electrons. The van der Waals surface area contributed by atoms with E-state index < -0.39 is 0 Å². The van der Waals surface area contributed by atoms with Gasteiger partial charge in [-0.2, -0.15) is 0 Å². The summed E-state index contributed by atoms with van der Waals surface area (Å²) in [7, 11) is 4.02. The molecule has 0 aromatic heterocycles. The van der Waals surface area contributed by atoms with Gasteiger partial charge in [-0.25, -0.2) is 4.79 Å². The third-order valence-corrected chi connectivity index (χ3v) is 4.59. The fraction of sp³-hybridized carbons (Fsp3) is 0.333. The Morgan fingerprint density at radius 2 is 1.63 bits per heavy atom. The average molecular weight is 366 g/mol. The first-order chi connectivity index (χ1) is 13.0. The summed E-state index contributed by atoms with van der Waals surface area (Å²) in [5.74, 6) is -0.0957. The van der Waals surface area contributed by atoms with Gasteiger partial charge in [0.25, 0.3) is 5.91 Å². The molecule has 3 rings (SSSR count). The molecule has 1 aliphatic heterocycles. The van der Waals surface area contributed by atoms with Crippen LogP contribution in [0, 0.1) is 0 Å². The van der Waals surface area contributed by atoms with E-state index in [0.717, 1.165) is 13.0 Å². The van der Waals surface area contributed by atoms with E-state index in [-0.39, 0.29) is 11.9 Å². The van der Waals surface area contributed by atoms with Crippen LogP contribution in [0.5, 0.6) is 0 Å². The second kappa shape index (κ2) is 8.68. The summed E-state index contributed by atoms with van der Waals surface area (Å²) < 4.78 is 0. The first-order valence-electron chi connectivity index (χ1n) is 9.18. The molecular formula is C21H26N4O2. The Labute approximate surface area is 160 Å². The van der Waals surface area contributed by atoms with Gasteiger partial charge in [0.15, 0.2) is 0 Å². The normalized spacial score (nSPS) is 12.8. The quantitative estimate of drug-likeness (QED) is 0.773. The van der Waals surface area contributed by atoms with Crippen LogP contribution in [0.4, 0.5) is 10.5 Å². The molecule has 0 spiro atoms. The Bertz CT molecular complexity index is 777. The standard InChI is InChI=1S/C21H26N4O2/c1-24(2)13-5-12-22-20(26)16-8-10-19(11-9-16)23-21(27)25-14-17-6-3-4-7-18(17)15-25/h3-4,6-11H,5,12-15H2,1-2H3,(H,22,26)(H,23,27). The van der Waals surface area contributed by atoms with Gasteiger partial charge in [0.2, 0.25) is 0 Å². The number of carbonyl (C=O) groups is 2. The summed E-state index contributed by atoms with van der Waals surface area (Å²) in [6.07, 6.45) is 0.908. The lowest BCUT2D eigenvalue weighted by molar-refractivity contribution is 0.0952. The summed E-state index contributed by atoms with van der Waals surface area (Å²) in [6, 6.07) is 14.9. The van der Waals surface area contributed by atoms with Crippen molar-refractivity contribution in [2.75, 3.05) is 32.5 Å². The third kappa shape index (κ3) is 5.08. The number of hydrogen-bond acceptors (Lipinski definition) is 3. The highest BCUT2D eigenvalue weighted by Gasteiger charge is 2.22. The Hall–Kier alpha value is -2.86. The fourth-order valence-electron chi connectivity index (χ4n) is 3.08. The average Bonchev–Trinajstić information content (AvgIpc) is 3.10. The summed E-state index contributed by atoms with van der Waals surface area (Å²) in [5, 5.41) is 5.81. The molecule has 0 saturated heterocycles. The van der Waals surface area contributed by atoms with Crippen LogP contribution >= 0.6 is 0 Å². The minimum absolute atomic E-state index is 0.0957. The van der Waals surface area contributed by atoms with E-state index in [1.54, 1.807) is 29.2 Å². The molecule has 0 unspecified atom stereocenters. The first-order valence-corrected chi connectivity index (χ1v) is 9.18. The number of nitrogens with zero attached hydrogens (tertiary/aromatic N) is 2. The lowest BCUT2D eigenvalue weighted by Gasteiger charge is -2.16. The SMILES string of the molecule is CN(C)CCCNC(=O)c1ccc(NC(=O)N2Cc3ccccc3C2)cc1. The van der Waals surface area contributed by atoms with Crippen LogP contribution in [0.3, 0.4) is 0 Å². The zero-order valence-corrected chi connectivity index (χ0v) is 15.9. The van der Waals surface area contributed by atoms with E-state index in [4.69, 9.17) is 0 Å². The largest absolute Gasteiger partial charge is 0.352 e. The van der Waals surface area contributed by atoms with Gasteiger partial charge in [-0.3, -0.25) is 4.79 Å². The summed E-state index contributed by atoms with van der Waals surface area (Å²) in [5.41, 5.74) is 3.65. The number of carbonyl (C=O) groups excluding carboxylic acids is 2. The predicted octanol–water partition coefficient (Wildman–Crippen LogP) is 2.92.